The first kappa shape index (κ1) is 24.2. The fraction of sp³-hybridized carbons (Fsp3) is 0.400. The molecule has 194 valence electrons. The Bertz CT molecular complexity index is 1470. The van der Waals surface area contributed by atoms with Crippen molar-refractivity contribution in [2.24, 2.45) is 11.8 Å². The summed E-state index contributed by atoms with van der Waals surface area (Å²) in [5.74, 6) is 1.81. The molecule has 0 aliphatic carbocycles. The Morgan fingerprint density at radius 3 is 2.71 bits per heavy atom. The molecular formula is C30H32N6O2. The molecule has 8 heteroatoms. The predicted molar refractivity (Wildman–Crippen MR) is 147 cm³/mol. The lowest BCUT2D eigenvalue weighted by Gasteiger charge is -2.36. The van der Waals surface area contributed by atoms with Gasteiger partial charge < -0.3 is 19.5 Å². The molecular weight excluding hydrogens is 476 g/mol. The van der Waals surface area contributed by atoms with E-state index >= 15 is 0 Å². The Morgan fingerprint density at radius 1 is 1.05 bits per heavy atom. The fourth-order valence-corrected chi connectivity index (χ4v) is 5.92. The highest BCUT2D eigenvalue weighted by molar-refractivity contribution is 6.09. The molecule has 6 rings (SSSR count). The van der Waals surface area contributed by atoms with Gasteiger partial charge in [0.05, 0.1) is 30.0 Å². The maximum Gasteiger partial charge on any atom is 0.222 e. The van der Waals surface area contributed by atoms with Gasteiger partial charge >= 0.3 is 0 Å². The average molecular weight is 509 g/mol. The molecule has 2 aliphatic heterocycles. The predicted octanol–water partition coefficient (Wildman–Crippen LogP) is 4.91. The van der Waals surface area contributed by atoms with Gasteiger partial charge in [0.2, 0.25) is 5.91 Å². The van der Waals surface area contributed by atoms with Crippen molar-refractivity contribution in [1.29, 1.82) is 5.26 Å². The van der Waals surface area contributed by atoms with Crippen LogP contribution in [-0.2, 0) is 4.79 Å². The summed E-state index contributed by atoms with van der Waals surface area (Å²) in [7, 11) is 0. The number of nitrogens with zero attached hydrogens (tertiary/aromatic N) is 5. The van der Waals surface area contributed by atoms with Crippen LogP contribution in [0.5, 0.6) is 5.75 Å². The van der Waals surface area contributed by atoms with Crippen molar-refractivity contribution in [3.63, 3.8) is 0 Å². The smallest absolute Gasteiger partial charge is 0.222 e. The van der Waals surface area contributed by atoms with E-state index < -0.39 is 0 Å². The number of amides is 1. The number of pyridine rings is 2. The second-order valence-corrected chi connectivity index (χ2v) is 10.5. The van der Waals surface area contributed by atoms with Crippen LogP contribution in [-0.4, -0.2) is 58.5 Å². The molecule has 5 heterocycles. The maximum absolute atomic E-state index is 13.2. The number of anilines is 1. The molecule has 2 saturated heterocycles. The summed E-state index contributed by atoms with van der Waals surface area (Å²) in [5, 5.41) is 11.2. The van der Waals surface area contributed by atoms with Crippen molar-refractivity contribution in [2.75, 3.05) is 37.7 Å². The zero-order valence-corrected chi connectivity index (χ0v) is 21.5. The first-order valence-corrected chi connectivity index (χ1v) is 13.5. The van der Waals surface area contributed by atoms with Crippen molar-refractivity contribution < 1.29 is 9.53 Å². The molecule has 0 spiro atoms. The van der Waals surface area contributed by atoms with E-state index in [1.165, 1.54) is 11.1 Å². The Balaban J connectivity index is 1.03. The number of nitriles is 1. The lowest BCUT2D eigenvalue weighted by Crippen LogP contribution is -2.43. The topological polar surface area (TPSA) is 98.1 Å². The Kier molecular flexibility index (Phi) is 6.82. The number of aromatic nitrogens is 3. The van der Waals surface area contributed by atoms with Gasteiger partial charge in [-0.05, 0) is 68.0 Å². The van der Waals surface area contributed by atoms with Gasteiger partial charge in [-0.25, -0.2) is 9.97 Å². The van der Waals surface area contributed by atoms with Crippen LogP contribution in [0.2, 0.25) is 0 Å². The van der Waals surface area contributed by atoms with Gasteiger partial charge in [0, 0.05) is 67.4 Å². The number of rotatable bonds is 6. The van der Waals surface area contributed by atoms with Crippen LogP contribution in [0.4, 0.5) is 5.69 Å². The molecule has 1 amide bonds. The molecule has 4 aromatic rings. The van der Waals surface area contributed by atoms with Crippen LogP contribution in [0.15, 0.2) is 55.0 Å². The molecule has 2 aliphatic rings. The highest BCUT2D eigenvalue weighted by atomic mass is 16.5. The minimum absolute atomic E-state index is 0.280. The molecule has 8 nitrogen and oxygen atoms in total. The van der Waals surface area contributed by atoms with Crippen LogP contribution >= 0.6 is 0 Å². The number of hydrogen-bond donors (Lipinski definition) is 1. The highest BCUT2D eigenvalue weighted by Crippen LogP contribution is 2.34. The third-order valence-corrected chi connectivity index (χ3v) is 8.03. The van der Waals surface area contributed by atoms with Crippen molar-refractivity contribution in [3.8, 4) is 11.8 Å². The SMILES string of the molecule is N#Cc1ccc(OCC2CCCN(C(=O)CC3CCN(c4cc[nH]c5cnc6nccc6c45)CC3)C2)cc1. The molecule has 0 saturated carbocycles. The van der Waals surface area contributed by atoms with E-state index in [0.717, 1.165) is 74.2 Å². The lowest BCUT2D eigenvalue weighted by molar-refractivity contribution is -0.134. The summed E-state index contributed by atoms with van der Waals surface area (Å²) in [5.41, 5.74) is 3.64. The van der Waals surface area contributed by atoms with Gasteiger partial charge in [-0.2, -0.15) is 5.26 Å². The Hall–Kier alpha value is -4.12. The molecule has 0 radical (unpaired) electrons. The first-order valence-electron chi connectivity index (χ1n) is 13.5. The van der Waals surface area contributed by atoms with Gasteiger partial charge in [0.1, 0.15) is 5.75 Å². The number of benzene rings is 1. The number of ether oxygens (including phenoxy) is 1. The zero-order chi connectivity index (χ0) is 25.9. The van der Waals surface area contributed by atoms with E-state index in [0.29, 0.717) is 30.4 Å². The van der Waals surface area contributed by atoms with Crippen LogP contribution in [0.1, 0.15) is 37.7 Å². The number of carbonyl (C=O) groups excluding carboxylic acids is 1. The minimum Gasteiger partial charge on any atom is -0.493 e. The van der Waals surface area contributed by atoms with Crippen LogP contribution in [0.3, 0.4) is 0 Å². The van der Waals surface area contributed by atoms with E-state index in [9.17, 15) is 4.79 Å². The summed E-state index contributed by atoms with van der Waals surface area (Å²) < 4.78 is 5.97. The summed E-state index contributed by atoms with van der Waals surface area (Å²) in [6.07, 6.45) is 10.4. The van der Waals surface area contributed by atoms with E-state index in [2.05, 4.69) is 36.9 Å². The monoisotopic (exact) mass is 508 g/mol. The number of fused-ring (bicyclic) bond motifs is 3. The first-order chi connectivity index (χ1) is 18.7. The standard InChI is InChI=1S/C30H32N6O2/c31-17-22-3-5-24(6-4-22)38-20-23-2-1-13-36(19-23)28(37)16-21-9-14-35(15-10-21)27-8-12-32-26-18-34-30-25(29(26)27)7-11-33-30/h3-8,11-12,18,21,23,32H,1-2,9-10,13-16,19-20H2. The summed E-state index contributed by atoms with van der Waals surface area (Å²) >= 11 is 0. The number of aromatic amines is 1. The maximum atomic E-state index is 13.2. The van der Waals surface area contributed by atoms with E-state index in [1.807, 2.05) is 36.8 Å². The molecule has 1 N–H and O–H groups in total. The fourth-order valence-electron chi connectivity index (χ4n) is 5.92. The number of likely N-dealkylation sites (tertiary alicyclic amines) is 1. The molecule has 1 atom stereocenters. The van der Waals surface area contributed by atoms with Gasteiger partial charge in [-0.1, -0.05) is 0 Å². The molecule has 3 aromatic heterocycles. The average Bonchev–Trinajstić information content (AvgIpc) is 3.46. The number of hydrogen-bond acceptors (Lipinski definition) is 6. The summed E-state index contributed by atoms with van der Waals surface area (Å²) in [6, 6.07) is 13.5. The van der Waals surface area contributed by atoms with Gasteiger partial charge in [0.15, 0.2) is 5.65 Å². The molecule has 1 unspecified atom stereocenters. The van der Waals surface area contributed by atoms with Crippen LogP contribution < -0.4 is 9.64 Å². The number of H-pyrrole nitrogens is 1. The van der Waals surface area contributed by atoms with Crippen molar-refractivity contribution in [1.82, 2.24) is 19.9 Å². The van der Waals surface area contributed by atoms with E-state index in [4.69, 9.17) is 10.00 Å². The third-order valence-electron chi connectivity index (χ3n) is 8.03. The normalized spacial score (nSPS) is 18.6. The molecule has 1 aromatic carbocycles. The second-order valence-electron chi connectivity index (χ2n) is 10.5. The Labute approximate surface area is 222 Å². The molecule has 38 heavy (non-hydrogen) atoms. The van der Waals surface area contributed by atoms with Gasteiger partial charge in [-0.15, -0.1) is 0 Å². The van der Waals surface area contributed by atoms with E-state index in [-0.39, 0.29) is 5.91 Å². The summed E-state index contributed by atoms with van der Waals surface area (Å²) in [6.45, 7) is 4.08. The highest BCUT2D eigenvalue weighted by Gasteiger charge is 2.28. The molecule has 0 bridgehead atoms. The zero-order valence-electron chi connectivity index (χ0n) is 21.5. The van der Waals surface area contributed by atoms with E-state index in [1.54, 1.807) is 12.1 Å². The van der Waals surface area contributed by atoms with Crippen molar-refractivity contribution in [2.45, 2.75) is 32.1 Å². The van der Waals surface area contributed by atoms with Gasteiger partial charge in [0.25, 0.3) is 0 Å². The van der Waals surface area contributed by atoms with Crippen LogP contribution in [0.25, 0.3) is 21.9 Å². The lowest BCUT2D eigenvalue weighted by atomic mass is 9.91. The quantitative estimate of drug-likeness (QED) is 0.398. The second kappa shape index (κ2) is 10.7. The largest absolute Gasteiger partial charge is 0.493 e. The van der Waals surface area contributed by atoms with Gasteiger partial charge in [-0.3, -0.25) is 4.79 Å². The summed E-state index contributed by atoms with van der Waals surface area (Å²) in [4.78, 5) is 29.9. The number of piperidine rings is 2. The minimum atomic E-state index is 0.280. The number of carbonyl (C=O) groups is 1. The van der Waals surface area contributed by atoms with Crippen LogP contribution in [0, 0.1) is 23.2 Å². The Morgan fingerprint density at radius 2 is 1.89 bits per heavy atom. The number of nitrogens with one attached hydrogen (secondary N) is 1. The molecule has 2 fully saturated rings. The van der Waals surface area contributed by atoms with Crippen molar-refractivity contribution >= 4 is 33.5 Å². The van der Waals surface area contributed by atoms with Crippen molar-refractivity contribution in [3.05, 3.63) is 60.6 Å². The third kappa shape index (κ3) is 5.01.